The monoisotopic (exact) mass is 338 g/mol. The lowest BCUT2D eigenvalue weighted by Gasteiger charge is -2.48. The molecule has 1 aliphatic rings. The van der Waals surface area contributed by atoms with Crippen molar-refractivity contribution in [2.24, 2.45) is 0 Å². The molecule has 0 bridgehead atoms. The third-order valence-electron chi connectivity index (χ3n) is 2.69. The van der Waals surface area contributed by atoms with Crippen molar-refractivity contribution < 1.29 is 0 Å². The Balaban J connectivity index is 3.01. The fourth-order valence-electron chi connectivity index (χ4n) is 2.19. The second kappa shape index (κ2) is 3.65. The zero-order valence-electron chi connectivity index (χ0n) is 10.9. The minimum atomic E-state index is -1.54. The molecule has 0 saturated heterocycles. The first-order valence-electron chi connectivity index (χ1n) is 5.43. The lowest BCUT2D eigenvalue weighted by Crippen LogP contribution is -2.61. The molecule has 0 spiro atoms. The van der Waals surface area contributed by atoms with Gasteiger partial charge in [-0.1, -0.05) is 21.8 Å². The summed E-state index contributed by atoms with van der Waals surface area (Å²) in [6.07, 6.45) is 4.54. The Hall–Kier alpha value is 0.287. The Labute approximate surface area is 108 Å². The summed E-state index contributed by atoms with van der Waals surface area (Å²) >= 11 is 2.67. The van der Waals surface area contributed by atoms with Gasteiger partial charge in [-0.25, -0.2) is 0 Å². The predicted molar refractivity (Wildman–Crippen MR) is 78.0 cm³/mol. The van der Waals surface area contributed by atoms with Gasteiger partial charge in [-0.2, -0.15) is 0 Å². The standard InChI is InChI=1S/C11H23IN2Si/c1-10(2,3)13-8-9-14(11(4,5)6)15(13,7)12/h8-9H,1-7H3. The van der Waals surface area contributed by atoms with Gasteiger partial charge in [0.25, 0.3) is 0 Å². The van der Waals surface area contributed by atoms with Crippen LogP contribution in [0.4, 0.5) is 0 Å². The fourth-order valence-corrected chi connectivity index (χ4v) is 10.9. The first-order valence-corrected chi connectivity index (χ1v) is 10.9. The van der Waals surface area contributed by atoms with E-state index >= 15 is 0 Å². The molecule has 0 aromatic heterocycles. The average Bonchev–Trinajstić information content (AvgIpc) is 2.21. The molecule has 0 atom stereocenters. The van der Waals surface area contributed by atoms with E-state index in [0.717, 1.165) is 0 Å². The molecule has 1 heterocycles. The van der Waals surface area contributed by atoms with Gasteiger partial charge in [-0.05, 0) is 48.1 Å². The van der Waals surface area contributed by atoms with Gasteiger partial charge < -0.3 is 9.13 Å². The molecule has 0 saturated carbocycles. The maximum absolute atomic E-state index is 2.67. The van der Waals surface area contributed by atoms with Crippen LogP contribution in [-0.4, -0.2) is 26.1 Å². The van der Waals surface area contributed by atoms with Crippen LogP contribution in [0, 0.1) is 0 Å². The molecular weight excluding hydrogens is 315 g/mol. The number of halogens is 1. The van der Waals surface area contributed by atoms with Gasteiger partial charge in [0, 0.05) is 23.5 Å². The Morgan fingerprint density at radius 1 is 0.867 bits per heavy atom. The Morgan fingerprint density at radius 2 is 1.13 bits per heavy atom. The van der Waals surface area contributed by atoms with E-state index in [-0.39, 0.29) is 11.1 Å². The zero-order valence-corrected chi connectivity index (χ0v) is 14.1. The average molecular weight is 338 g/mol. The highest BCUT2D eigenvalue weighted by molar-refractivity contribution is 14.1. The molecule has 0 radical (unpaired) electrons. The highest BCUT2D eigenvalue weighted by Crippen LogP contribution is 2.39. The van der Waals surface area contributed by atoms with E-state index in [1.165, 1.54) is 0 Å². The number of nitrogens with zero attached hydrogens (tertiary/aromatic N) is 2. The summed E-state index contributed by atoms with van der Waals surface area (Å²) in [7, 11) is 0. The van der Waals surface area contributed by atoms with Gasteiger partial charge in [0.05, 0.1) is 0 Å². The van der Waals surface area contributed by atoms with Gasteiger partial charge >= 0.3 is 5.89 Å². The highest BCUT2D eigenvalue weighted by Gasteiger charge is 2.48. The van der Waals surface area contributed by atoms with Gasteiger partial charge in [-0.15, -0.1) is 0 Å². The molecule has 4 heteroatoms. The molecule has 88 valence electrons. The normalized spacial score (nSPS) is 21.3. The molecule has 0 amide bonds. The first-order chi connectivity index (χ1) is 6.47. The van der Waals surface area contributed by atoms with E-state index in [0.29, 0.717) is 0 Å². The summed E-state index contributed by atoms with van der Waals surface area (Å²) < 4.78 is 5.09. The molecule has 0 N–H and O–H groups in total. The maximum atomic E-state index is 2.67. The molecule has 0 aliphatic carbocycles. The molecule has 0 fully saturated rings. The molecule has 2 nitrogen and oxygen atoms in total. The summed E-state index contributed by atoms with van der Waals surface area (Å²) in [5.74, 6) is -1.54. The van der Waals surface area contributed by atoms with Gasteiger partial charge in [0.15, 0.2) is 0 Å². The Morgan fingerprint density at radius 3 is 1.27 bits per heavy atom. The number of hydrogen-bond acceptors (Lipinski definition) is 2. The van der Waals surface area contributed by atoms with E-state index in [1.807, 2.05) is 0 Å². The lowest BCUT2D eigenvalue weighted by atomic mass is 10.1. The van der Waals surface area contributed by atoms with E-state index in [9.17, 15) is 0 Å². The van der Waals surface area contributed by atoms with Crippen LogP contribution in [0.5, 0.6) is 0 Å². The zero-order chi connectivity index (χ0) is 12.1. The van der Waals surface area contributed by atoms with E-state index < -0.39 is 5.89 Å². The van der Waals surface area contributed by atoms with Crippen LogP contribution >= 0.6 is 21.8 Å². The number of rotatable bonds is 0. The largest absolute Gasteiger partial charge is 0.373 e. The topological polar surface area (TPSA) is 6.48 Å². The van der Waals surface area contributed by atoms with Gasteiger partial charge in [0.2, 0.25) is 0 Å². The second-order valence-electron chi connectivity index (χ2n) is 6.29. The van der Waals surface area contributed by atoms with Crippen molar-refractivity contribution in [3.63, 3.8) is 0 Å². The highest BCUT2D eigenvalue weighted by atomic mass is 127. The van der Waals surface area contributed by atoms with Crippen molar-refractivity contribution in [1.82, 2.24) is 9.13 Å². The third kappa shape index (κ3) is 2.51. The minimum Gasteiger partial charge on any atom is -0.373 e. The molecule has 1 rings (SSSR count). The first kappa shape index (κ1) is 13.4. The Kier molecular flexibility index (Phi) is 3.25. The second-order valence-corrected chi connectivity index (χ2v) is 15.2. The molecular formula is C11H23IN2Si. The molecule has 15 heavy (non-hydrogen) atoms. The fraction of sp³-hybridized carbons (Fsp3) is 0.818. The summed E-state index contributed by atoms with van der Waals surface area (Å²) in [4.78, 5) is 0. The van der Waals surface area contributed by atoms with Crippen molar-refractivity contribution >= 4 is 27.7 Å². The van der Waals surface area contributed by atoms with Crippen LogP contribution in [0.3, 0.4) is 0 Å². The minimum absolute atomic E-state index is 0.221. The van der Waals surface area contributed by atoms with Crippen molar-refractivity contribution in [2.75, 3.05) is 0 Å². The predicted octanol–water partition coefficient (Wildman–Crippen LogP) is 3.68. The quantitative estimate of drug-likeness (QED) is 0.378. The van der Waals surface area contributed by atoms with E-state index in [1.54, 1.807) is 0 Å². The molecule has 0 aromatic rings. The van der Waals surface area contributed by atoms with Crippen LogP contribution in [0.2, 0.25) is 6.55 Å². The summed E-state index contributed by atoms with van der Waals surface area (Å²) in [5.41, 5.74) is 0.442. The van der Waals surface area contributed by atoms with E-state index in [2.05, 4.69) is 91.4 Å². The van der Waals surface area contributed by atoms with Crippen molar-refractivity contribution in [3.05, 3.63) is 12.4 Å². The molecule has 0 aromatic carbocycles. The Bertz CT molecular complexity index is 247. The van der Waals surface area contributed by atoms with Crippen LogP contribution in [0.15, 0.2) is 12.4 Å². The van der Waals surface area contributed by atoms with Crippen LogP contribution in [0.1, 0.15) is 41.5 Å². The summed E-state index contributed by atoms with van der Waals surface area (Å²) in [6.45, 7) is 16.1. The van der Waals surface area contributed by atoms with Crippen molar-refractivity contribution in [3.8, 4) is 0 Å². The lowest BCUT2D eigenvalue weighted by molar-refractivity contribution is 0.280. The maximum Gasteiger partial charge on any atom is 0.329 e. The van der Waals surface area contributed by atoms with Crippen LogP contribution < -0.4 is 0 Å². The van der Waals surface area contributed by atoms with Gasteiger partial charge in [0.1, 0.15) is 0 Å². The SMILES string of the molecule is CC(C)(C)N1C=CN(C(C)(C)C)[Si]1(C)I. The van der Waals surface area contributed by atoms with Crippen molar-refractivity contribution in [2.45, 2.75) is 59.2 Å². The summed E-state index contributed by atoms with van der Waals surface area (Å²) in [6, 6.07) is 0. The smallest absolute Gasteiger partial charge is 0.329 e. The van der Waals surface area contributed by atoms with E-state index in [4.69, 9.17) is 0 Å². The molecule has 0 unspecified atom stereocenters. The summed E-state index contributed by atoms with van der Waals surface area (Å²) in [5, 5.41) is 0. The molecule has 1 aliphatic heterocycles. The van der Waals surface area contributed by atoms with Crippen molar-refractivity contribution in [1.29, 1.82) is 0 Å². The third-order valence-corrected chi connectivity index (χ3v) is 9.21. The number of hydrogen-bond donors (Lipinski definition) is 0. The van der Waals surface area contributed by atoms with Crippen LogP contribution in [-0.2, 0) is 0 Å². The van der Waals surface area contributed by atoms with Gasteiger partial charge in [-0.3, -0.25) is 0 Å². The van der Waals surface area contributed by atoms with Crippen LogP contribution in [0.25, 0.3) is 0 Å².